The standard InChI is InChI=1S/C16H19N5/c1-11(2)21-10-13(9-18-21)16-14(8-15(17)19-20-16)12-6-4-3-5-7-12/h3-7,9-11,14H,8H2,1-2H3,(H2,17,19). The van der Waals surface area contributed by atoms with Crippen molar-refractivity contribution in [3.63, 3.8) is 0 Å². The van der Waals surface area contributed by atoms with Gasteiger partial charge in [-0.15, -0.1) is 5.10 Å². The van der Waals surface area contributed by atoms with Crippen molar-refractivity contribution in [2.24, 2.45) is 15.9 Å². The number of nitrogens with two attached hydrogens (primary N) is 1. The smallest absolute Gasteiger partial charge is 0.123 e. The molecule has 21 heavy (non-hydrogen) atoms. The monoisotopic (exact) mass is 281 g/mol. The Labute approximate surface area is 124 Å². The van der Waals surface area contributed by atoms with Gasteiger partial charge in [0.05, 0.1) is 11.9 Å². The number of nitrogens with zero attached hydrogens (tertiary/aromatic N) is 4. The van der Waals surface area contributed by atoms with Crippen LogP contribution in [0.3, 0.4) is 0 Å². The second kappa shape index (κ2) is 5.52. The van der Waals surface area contributed by atoms with E-state index in [2.05, 4.69) is 41.3 Å². The molecule has 0 radical (unpaired) electrons. The molecule has 5 heteroatoms. The van der Waals surface area contributed by atoms with Crippen LogP contribution in [0.15, 0.2) is 52.9 Å². The molecule has 1 aromatic heterocycles. The Hall–Kier alpha value is -2.43. The summed E-state index contributed by atoms with van der Waals surface area (Å²) in [6.45, 7) is 4.20. The van der Waals surface area contributed by atoms with Crippen molar-refractivity contribution in [1.29, 1.82) is 0 Å². The molecule has 0 aliphatic carbocycles. The van der Waals surface area contributed by atoms with Crippen molar-refractivity contribution in [1.82, 2.24) is 9.78 Å². The molecule has 0 fully saturated rings. The molecule has 2 aromatic rings. The van der Waals surface area contributed by atoms with E-state index >= 15 is 0 Å². The highest BCUT2D eigenvalue weighted by molar-refractivity contribution is 6.08. The zero-order valence-corrected chi connectivity index (χ0v) is 12.3. The SMILES string of the molecule is CC(C)n1cc(C2=NN=C(N)CC2c2ccccc2)cn1. The number of hydrogen-bond donors (Lipinski definition) is 1. The fraction of sp³-hybridized carbons (Fsp3) is 0.312. The van der Waals surface area contributed by atoms with Gasteiger partial charge in [-0.3, -0.25) is 4.68 Å². The maximum Gasteiger partial charge on any atom is 0.123 e. The second-order valence-corrected chi connectivity index (χ2v) is 5.55. The maximum atomic E-state index is 5.88. The Bertz CT molecular complexity index is 682. The average molecular weight is 281 g/mol. The zero-order valence-electron chi connectivity index (χ0n) is 12.3. The zero-order chi connectivity index (χ0) is 14.8. The molecule has 0 bridgehead atoms. The van der Waals surface area contributed by atoms with E-state index < -0.39 is 0 Å². The van der Waals surface area contributed by atoms with Crippen LogP contribution in [-0.4, -0.2) is 21.3 Å². The Balaban J connectivity index is 2.00. The molecule has 0 saturated carbocycles. The van der Waals surface area contributed by atoms with Crippen molar-refractivity contribution < 1.29 is 0 Å². The summed E-state index contributed by atoms with van der Waals surface area (Å²) < 4.78 is 1.93. The minimum absolute atomic E-state index is 0.133. The topological polar surface area (TPSA) is 68.6 Å². The van der Waals surface area contributed by atoms with Gasteiger partial charge in [-0.2, -0.15) is 10.2 Å². The third kappa shape index (κ3) is 2.72. The van der Waals surface area contributed by atoms with Gasteiger partial charge in [0.1, 0.15) is 5.84 Å². The van der Waals surface area contributed by atoms with Crippen LogP contribution in [0.4, 0.5) is 0 Å². The van der Waals surface area contributed by atoms with Crippen molar-refractivity contribution in [2.75, 3.05) is 0 Å². The molecule has 5 nitrogen and oxygen atoms in total. The average Bonchev–Trinajstić information content (AvgIpc) is 2.98. The molecule has 1 unspecified atom stereocenters. The molecule has 108 valence electrons. The molecule has 0 amide bonds. The summed E-state index contributed by atoms with van der Waals surface area (Å²) in [4.78, 5) is 0. The van der Waals surface area contributed by atoms with E-state index in [0.717, 1.165) is 11.3 Å². The minimum atomic E-state index is 0.133. The normalized spacial score (nSPS) is 18.5. The van der Waals surface area contributed by atoms with Crippen LogP contribution in [-0.2, 0) is 0 Å². The van der Waals surface area contributed by atoms with Gasteiger partial charge in [-0.1, -0.05) is 30.3 Å². The molecule has 1 atom stereocenters. The van der Waals surface area contributed by atoms with E-state index in [-0.39, 0.29) is 5.92 Å². The van der Waals surface area contributed by atoms with Crippen LogP contribution in [0.25, 0.3) is 0 Å². The largest absolute Gasteiger partial charge is 0.386 e. The van der Waals surface area contributed by atoms with Crippen LogP contribution >= 0.6 is 0 Å². The Morgan fingerprint density at radius 2 is 1.95 bits per heavy atom. The van der Waals surface area contributed by atoms with Crippen molar-refractivity contribution in [3.05, 3.63) is 53.9 Å². The van der Waals surface area contributed by atoms with E-state index in [4.69, 9.17) is 5.73 Å². The first-order chi connectivity index (χ1) is 10.1. The summed E-state index contributed by atoms with van der Waals surface area (Å²) in [5, 5.41) is 12.8. The number of amidine groups is 1. The molecular formula is C16H19N5. The highest BCUT2D eigenvalue weighted by Crippen LogP contribution is 2.28. The van der Waals surface area contributed by atoms with Gasteiger partial charge in [0.15, 0.2) is 0 Å². The summed E-state index contributed by atoms with van der Waals surface area (Å²) in [7, 11) is 0. The van der Waals surface area contributed by atoms with Crippen LogP contribution < -0.4 is 5.73 Å². The van der Waals surface area contributed by atoms with E-state index in [1.54, 1.807) is 0 Å². The van der Waals surface area contributed by atoms with Crippen LogP contribution in [0.2, 0.25) is 0 Å². The fourth-order valence-electron chi connectivity index (χ4n) is 2.51. The first-order valence-electron chi connectivity index (χ1n) is 7.14. The summed E-state index contributed by atoms with van der Waals surface area (Å²) in [6, 6.07) is 10.6. The van der Waals surface area contributed by atoms with Gasteiger partial charge in [-0.25, -0.2) is 0 Å². The van der Waals surface area contributed by atoms with E-state index in [1.165, 1.54) is 5.56 Å². The van der Waals surface area contributed by atoms with E-state index in [0.29, 0.717) is 18.3 Å². The summed E-state index contributed by atoms with van der Waals surface area (Å²) in [5.41, 5.74) is 9.02. The van der Waals surface area contributed by atoms with Crippen LogP contribution in [0, 0.1) is 0 Å². The number of aromatic nitrogens is 2. The summed E-state index contributed by atoms with van der Waals surface area (Å²) in [5.74, 6) is 0.706. The predicted molar refractivity (Wildman–Crippen MR) is 84.6 cm³/mol. The van der Waals surface area contributed by atoms with E-state index in [9.17, 15) is 0 Å². The van der Waals surface area contributed by atoms with Gasteiger partial charge in [-0.05, 0) is 19.4 Å². The van der Waals surface area contributed by atoms with E-state index in [1.807, 2.05) is 35.3 Å². The Morgan fingerprint density at radius 1 is 1.19 bits per heavy atom. The molecule has 0 spiro atoms. The van der Waals surface area contributed by atoms with Gasteiger partial charge >= 0.3 is 0 Å². The molecule has 1 aromatic carbocycles. The summed E-state index contributed by atoms with van der Waals surface area (Å²) >= 11 is 0. The highest BCUT2D eigenvalue weighted by atomic mass is 15.3. The lowest BCUT2D eigenvalue weighted by Crippen LogP contribution is -2.25. The summed E-state index contributed by atoms with van der Waals surface area (Å²) in [6.07, 6.45) is 4.57. The van der Waals surface area contributed by atoms with Gasteiger partial charge in [0, 0.05) is 30.1 Å². The third-order valence-electron chi connectivity index (χ3n) is 3.66. The van der Waals surface area contributed by atoms with Crippen molar-refractivity contribution in [2.45, 2.75) is 32.2 Å². The molecule has 1 aliphatic rings. The molecule has 0 saturated heterocycles. The lowest BCUT2D eigenvalue weighted by atomic mass is 9.87. The second-order valence-electron chi connectivity index (χ2n) is 5.55. The Morgan fingerprint density at radius 3 is 2.62 bits per heavy atom. The predicted octanol–water partition coefficient (Wildman–Crippen LogP) is 2.71. The number of hydrogen-bond acceptors (Lipinski definition) is 4. The van der Waals surface area contributed by atoms with Gasteiger partial charge in [0.2, 0.25) is 0 Å². The van der Waals surface area contributed by atoms with Crippen LogP contribution in [0.5, 0.6) is 0 Å². The highest BCUT2D eigenvalue weighted by Gasteiger charge is 2.25. The Kier molecular flexibility index (Phi) is 3.56. The number of benzene rings is 1. The molecular weight excluding hydrogens is 262 g/mol. The molecule has 2 N–H and O–H groups in total. The lowest BCUT2D eigenvalue weighted by molar-refractivity contribution is 0.532. The fourth-order valence-corrected chi connectivity index (χ4v) is 2.51. The minimum Gasteiger partial charge on any atom is -0.386 e. The number of rotatable bonds is 3. The van der Waals surface area contributed by atoms with Crippen molar-refractivity contribution in [3.8, 4) is 0 Å². The van der Waals surface area contributed by atoms with Crippen molar-refractivity contribution >= 4 is 11.5 Å². The van der Waals surface area contributed by atoms with Crippen LogP contribution in [0.1, 0.15) is 43.4 Å². The third-order valence-corrected chi connectivity index (χ3v) is 3.66. The van der Waals surface area contributed by atoms with Gasteiger partial charge in [0.25, 0.3) is 0 Å². The molecule has 3 rings (SSSR count). The quantitative estimate of drug-likeness (QED) is 0.939. The first-order valence-corrected chi connectivity index (χ1v) is 7.14. The maximum absolute atomic E-state index is 5.88. The first kappa shape index (κ1) is 13.5. The lowest BCUT2D eigenvalue weighted by Gasteiger charge is -2.21. The molecule has 1 aliphatic heterocycles. The molecule has 2 heterocycles. The van der Waals surface area contributed by atoms with Gasteiger partial charge < -0.3 is 5.73 Å².